The van der Waals surface area contributed by atoms with E-state index in [-0.39, 0.29) is 31.4 Å². The van der Waals surface area contributed by atoms with E-state index >= 15 is 0 Å². The quantitative estimate of drug-likeness (QED) is 0.564. The van der Waals surface area contributed by atoms with Crippen LogP contribution in [0.15, 0.2) is 24.3 Å². The van der Waals surface area contributed by atoms with Crippen LogP contribution in [0.5, 0.6) is 0 Å². The van der Waals surface area contributed by atoms with Crippen molar-refractivity contribution in [1.82, 2.24) is 4.98 Å². The second kappa shape index (κ2) is 13.1. The molecule has 0 fully saturated rings. The van der Waals surface area contributed by atoms with Crippen LogP contribution >= 0.6 is 24.8 Å². The Kier molecular flexibility index (Phi) is 12.6. The summed E-state index contributed by atoms with van der Waals surface area (Å²) in [5, 5.41) is 8.97. The zero-order valence-corrected chi connectivity index (χ0v) is 19.0. The van der Waals surface area contributed by atoms with E-state index in [0.717, 1.165) is 34.5 Å². The standard InChI is InChI=1S/C22H32N2O2.2ClH/c1-15(2)12-21-19(13-23)22(18-8-6-16(3)7-9-18)20(17(4)24-21)14-26-11-5-10-25;;/h6-9,15,25H,5,10-14,23H2,1-4H3;2*1H. The van der Waals surface area contributed by atoms with E-state index in [2.05, 4.69) is 45.0 Å². The van der Waals surface area contributed by atoms with Crippen molar-refractivity contribution in [1.29, 1.82) is 0 Å². The Labute approximate surface area is 181 Å². The Morgan fingerprint density at radius 2 is 1.71 bits per heavy atom. The van der Waals surface area contributed by atoms with Crippen LogP contribution < -0.4 is 5.73 Å². The van der Waals surface area contributed by atoms with Gasteiger partial charge in [0.15, 0.2) is 0 Å². The lowest BCUT2D eigenvalue weighted by Crippen LogP contribution is -2.14. The molecule has 2 aromatic rings. The van der Waals surface area contributed by atoms with Gasteiger partial charge in [-0.1, -0.05) is 43.7 Å². The van der Waals surface area contributed by atoms with Crippen LogP contribution in [0.2, 0.25) is 0 Å². The predicted molar refractivity (Wildman–Crippen MR) is 121 cm³/mol. The molecule has 0 radical (unpaired) electrons. The molecule has 0 amide bonds. The minimum absolute atomic E-state index is 0. The SMILES string of the molecule is Cc1ccc(-c2c(COCCCO)c(C)nc(CC(C)C)c2CN)cc1.Cl.Cl. The number of aliphatic hydroxyl groups is 1. The van der Waals surface area contributed by atoms with Crippen LogP contribution in [0.1, 0.15) is 48.3 Å². The van der Waals surface area contributed by atoms with Gasteiger partial charge in [0, 0.05) is 36.7 Å². The maximum Gasteiger partial charge on any atom is 0.0740 e. The van der Waals surface area contributed by atoms with Crippen molar-refractivity contribution in [3.05, 3.63) is 52.3 Å². The second-order valence-corrected chi connectivity index (χ2v) is 7.27. The van der Waals surface area contributed by atoms with Crippen molar-refractivity contribution >= 4 is 24.8 Å². The van der Waals surface area contributed by atoms with E-state index < -0.39 is 0 Å². The first-order chi connectivity index (χ1) is 12.5. The zero-order chi connectivity index (χ0) is 19.1. The third-order valence-corrected chi connectivity index (χ3v) is 4.53. The molecule has 1 heterocycles. The van der Waals surface area contributed by atoms with Crippen molar-refractivity contribution < 1.29 is 9.84 Å². The molecule has 28 heavy (non-hydrogen) atoms. The van der Waals surface area contributed by atoms with Gasteiger partial charge in [-0.15, -0.1) is 24.8 Å². The van der Waals surface area contributed by atoms with Gasteiger partial charge in [-0.2, -0.15) is 0 Å². The highest BCUT2D eigenvalue weighted by Gasteiger charge is 2.19. The van der Waals surface area contributed by atoms with Crippen molar-refractivity contribution in [3.63, 3.8) is 0 Å². The number of benzene rings is 1. The summed E-state index contributed by atoms with van der Waals surface area (Å²) < 4.78 is 5.81. The number of nitrogens with two attached hydrogens (primary N) is 1. The van der Waals surface area contributed by atoms with Gasteiger partial charge in [0.25, 0.3) is 0 Å². The molecule has 0 aliphatic carbocycles. The summed E-state index contributed by atoms with van der Waals surface area (Å²) in [4.78, 5) is 4.88. The fourth-order valence-corrected chi connectivity index (χ4v) is 3.21. The smallest absolute Gasteiger partial charge is 0.0740 e. The van der Waals surface area contributed by atoms with Crippen molar-refractivity contribution in [2.75, 3.05) is 13.2 Å². The van der Waals surface area contributed by atoms with Crippen LogP contribution in [0.25, 0.3) is 11.1 Å². The highest BCUT2D eigenvalue weighted by Crippen LogP contribution is 2.33. The molecule has 1 aromatic carbocycles. The van der Waals surface area contributed by atoms with Crippen LogP contribution in [-0.4, -0.2) is 23.3 Å². The van der Waals surface area contributed by atoms with Crippen molar-refractivity contribution in [2.45, 2.75) is 53.7 Å². The van der Waals surface area contributed by atoms with E-state index in [1.165, 1.54) is 11.1 Å². The minimum Gasteiger partial charge on any atom is -0.396 e. The molecule has 1 aromatic heterocycles. The lowest BCUT2D eigenvalue weighted by atomic mass is 9.90. The van der Waals surface area contributed by atoms with E-state index in [0.29, 0.717) is 32.1 Å². The molecule has 0 aliphatic rings. The van der Waals surface area contributed by atoms with Crippen LogP contribution in [0, 0.1) is 19.8 Å². The number of halogens is 2. The Balaban J connectivity index is 0.00000364. The predicted octanol–water partition coefficient (Wildman–Crippen LogP) is 4.77. The molecule has 0 spiro atoms. The Bertz CT molecular complexity index is 719. The highest BCUT2D eigenvalue weighted by atomic mass is 35.5. The van der Waals surface area contributed by atoms with Crippen LogP contribution in [-0.2, 0) is 24.3 Å². The molecule has 0 atom stereocenters. The zero-order valence-electron chi connectivity index (χ0n) is 17.3. The largest absolute Gasteiger partial charge is 0.396 e. The van der Waals surface area contributed by atoms with Crippen molar-refractivity contribution in [3.8, 4) is 11.1 Å². The van der Waals surface area contributed by atoms with Gasteiger partial charge >= 0.3 is 0 Å². The highest BCUT2D eigenvalue weighted by molar-refractivity contribution is 5.85. The van der Waals surface area contributed by atoms with Gasteiger partial charge in [0.1, 0.15) is 0 Å². The van der Waals surface area contributed by atoms with E-state index in [1.807, 2.05) is 6.92 Å². The summed E-state index contributed by atoms with van der Waals surface area (Å²) in [5.74, 6) is 0.518. The number of nitrogens with zero attached hydrogens (tertiary/aromatic N) is 1. The first-order valence-corrected chi connectivity index (χ1v) is 9.44. The summed E-state index contributed by atoms with van der Waals surface area (Å²) in [5.41, 5.74) is 14.0. The van der Waals surface area contributed by atoms with E-state index in [9.17, 15) is 0 Å². The van der Waals surface area contributed by atoms with E-state index in [4.69, 9.17) is 20.6 Å². The molecule has 3 N–H and O–H groups in total. The van der Waals surface area contributed by atoms with Gasteiger partial charge in [-0.05, 0) is 49.3 Å². The molecule has 0 bridgehead atoms. The number of ether oxygens (including phenoxy) is 1. The molecule has 0 saturated carbocycles. The molecule has 6 heteroatoms. The molecule has 158 valence electrons. The van der Waals surface area contributed by atoms with Crippen LogP contribution in [0.3, 0.4) is 0 Å². The number of aryl methyl sites for hydroxylation is 2. The van der Waals surface area contributed by atoms with Crippen molar-refractivity contribution in [2.24, 2.45) is 11.7 Å². The maximum absolute atomic E-state index is 8.97. The number of hydrogen-bond acceptors (Lipinski definition) is 4. The first kappa shape index (κ1) is 26.8. The maximum atomic E-state index is 8.97. The third kappa shape index (κ3) is 7.02. The molecule has 0 saturated heterocycles. The molecular weight excluding hydrogens is 395 g/mol. The minimum atomic E-state index is 0. The molecule has 2 rings (SSSR count). The molecule has 0 unspecified atom stereocenters. The number of aliphatic hydroxyl groups excluding tert-OH is 1. The number of rotatable bonds is 9. The fourth-order valence-electron chi connectivity index (χ4n) is 3.21. The topological polar surface area (TPSA) is 68.4 Å². The fraction of sp³-hybridized carbons (Fsp3) is 0.500. The average molecular weight is 429 g/mol. The number of hydrogen-bond donors (Lipinski definition) is 2. The van der Waals surface area contributed by atoms with E-state index in [1.54, 1.807) is 0 Å². The summed E-state index contributed by atoms with van der Waals surface area (Å²) in [7, 11) is 0. The van der Waals surface area contributed by atoms with Gasteiger partial charge in [-0.25, -0.2) is 0 Å². The van der Waals surface area contributed by atoms with Gasteiger partial charge in [0.2, 0.25) is 0 Å². The number of pyridine rings is 1. The third-order valence-electron chi connectivity index (χ3n) is 4.53. The van der Waals surface area contributed by atoms with Crippen LogP contribution in [0.4, 0.5) is 0 Å². The molecule has 0 aliphatic heterocycles. The number of aromatic nitrogens is 1. The Morgan fingerprint density at radius 3 is 2.25 bits per heavy atom. The first-order valence-electron chi connectivity index (χ1n) is 9.44. The molecule has 4 nitrogen and oxygen atoms in total. The van der Waals surface area contributed by atoms with Gasteiger partial charge in [-0.3, -0.25) is 4.98 Å². The van der Waals surface area contributed by atoms with Gasteiger partial charge < -0.3 is 15.6 Å². The average Bonchev–Trinajstić information content (AvgIpc) is 2.60. The second-order valence-electron chi connectivity index (χ2n) is 7.27. The lowest BCUT2D eigenvalue weighted by molar-refractivity contribution is 0.104. The summed E-state index contributed by atoms with van der Waals surface area (Å²) in [6.07, 6.45) is 1.55. The van der Waals surface area contributed by atoms with Gasteiger partial charge in [0.05, 0.1) is 6.61 Å². The Hall–Kier alpha value is -1.17. The molecular formula is C22H34Cl2N2O2. The lowest BCUT2D eigenvalue weighted by Gasteiger charge is -2.21. The Morgan fingerprint density at radius 1 is 1.07 bits per heavy atom. The monoisotopic (exact) mass is 428 g/mol. The summed E-state index contributed by atoms with van der Waals surface area (Å²) >= 11 is 0. The normalized spacial score (nSPS) is 10.5. The summed E-state index contributed by atoms with van der Waals surface area (Å²) in [6, 6.07) is 8.56. The summed E-state index contributed by atoms with van der Waals surface area (Å²) in [6.45, 7) is 10.2.